The largest absolute Gasteiger partial charge is 0.289 e. The van der Waals surface area contributed by atoms with Gasteiger partial charge in [0.25, 0.3) is 11.6 Å². The summed E-state index contributed by atoms with van der Waals surface area (Å²) < 4.78 is 0.933. The number of carbonyl (C=O) groups excluding carboxylic acids is 2. The number of nitrogens with zero attached hydrogens (tertiary/aromatic N) is 4. The van der Waals surface area contributed by atoms with Crippen LogP contribution in [0.1, 0.15) is 18.0 Å². The Balaban J connectivity index is 1.58. The molecule has 0 aromatic heterocycles. The van der Waals surface area contributed by atoms with Crippen molar-refractivity contribution < 1.29 is 14.5 Å². The molecule has 0 bridgehead atoms. The second-order valence-corrected chi connectivity index (χ2v) is 8.87. The second-order valence-electron chi connectivity index (χ2n) is 7.55. The van der Waals surface area contributed by atoms with Crippen molar-refractivity contribution in [3.05, 3.63) is 67.6 Å². The summed E-state index contributed by atoms with van der Waals surface area (Å²) in [6, 6.07) is 10.9. The smallest absolute Gasteiger partial charge is 0.274 e. The van der Waals surface area contributed by atoms with Gasteiger partial charge in [0.05, 0.1) is 22.6 Å². The lowest BCUT2D eigenvalue weighted by atomic mass is 9.90. The number of amides is 2. The maximum absolute atomic E-state index is 13.5. The van der Waals surface area contributed by atoms with Crippen molar-refractivity contribution in [2.75, 3.05) is 18.0 Å². The predicted octanol–water partition coefficient (Wildman–Crippen LogP) is 3.55. The second kappa shape index (κ2) is 7.12. The maximum atomic E-state index is 13.5. The highest BCUT2D eigenvalue weighted by molar-refractivity contribution is 9.10. The van der Waals surface area contributed by atoms with Crippen molar-refractivity contribution in [2.45, 2.75) is 18.5 Å². The third kappa shape index (κ3) is 2.80. The minimum atomic E-state index is -0.621. The van der Waals surface area contributed by atoms with Crippen LogP contribution in [-0.4, -0.2) is 45.9 Å². The zero-order valence-electron chi connectivity index (χ0n) is 15.6. The average Bonchev–Trinajstić information content (AvgIpc) is 3.36. The van der Waals surface area contributed by atoms with E-state index < -0.39 is 16.9 Å². The summed E-state index contributed by atoms with van der Waals surface area (Å²) in [4.78, 5) is 38.6. The molecule has 0 aliphatic carbocycles. The number of hydrogen-bond acceptors (Lipinski definition) is 6. The minimum absolute atomic E-state index is 0.0403. The first-order valence-electron chi connectivity index (χ1n) is 9.49. The number of imide groups is 1. The van der Waals surface area contributed by atoms with Gasteiger partial charge in [0, 0.05) is 23.6 Å². The first kappa shape index (κ1) is 19.6. The molecule has 154 valence electrons. The van der Waals surface area contributed by atoms with Gasteiger partial charge in [-0.15, -0.1) is 0 Å². The Morgan fingerprint density at radius 1 is 1.00 bits per heavy atom. The highest BCUT2D eigenvalue weighted by atomic mass is 79.9. The van der Waals surface area contributed by atoms with Gasteiger partial charge in [0.1, 0.15) is 11.1 Å². The number of nitro groups is 1. The third-order valence-electron chi connectivity index (χ3n) is 6.00. The highest BCUT2D eigenvalue weighted by Gasteiger charge is 2.62. The van der Waals surface area contributed by atoms with Crippen molar-refractivity contribution >= 4 is 50.7 Å². The number of hydrogen-bond donors (Lipinski definition) is 0. The molecule has 0 unspecified atom stereocenters. The Hall–Kier alpha value is -2.33. The van der Waals surface area contributed by atoms with Crippen LogP contribution in [0.3, 0.4) is 0 Å². The van der Waals surface area contributed by atoms with Crippen LogP contribution in [-0.2, 0) is 9.59 Å². The Morgan fingerprint density at radius 2 is 1.67 bits per heavy atom. The van der Waals surface area contributed by atoms with E-state index in [1.165, 1.54) is 18.2 Å². The zero-order chi connectivity index (χ0) is 21.2. The molecule has 3 atom stereocenters. The molecule has 3 saturated heterocycles. The monoisotopic (exact) mass is 490 g/mol. The molecule has 10 heteroatoms. The van der Waals surface area contributed by atoms with Crippen LogP contribution in [0.2, 0.25) is 5.02 Å². The molecule has 2 aromatic carbocycles. The summed E-state index contributed by atoms with van der Waals surface area (Å²) in [5, 5.41) is 15.3. The molecule has 2 amide bonds. The van der Waals surface area contributed by atoms with Crippen molar-refractivity contribution in [3.63, 3.8) is 0 Å². The molecule has 30 heavy (non-hydrogen) atoms. The lowest BCUT2D eigenvalue weighted by Gasteiger charge is -2.29. The summed E-state index contributed by atoms with van der Waals surface area (Å²) in [5.74, 6) is -1.27. The molecule has 2 aromatic rings. The molecular weight excluding hydrogens is 476 g/mol. The van der Waals surface area contributed by atoms with Crippen LogP contribution in [0, 0.1) is 16.0 Å². The molecule has 3 heterocycles. The summed E-state index contributed by atoms with van der Waals surface area (Å²) in [5.41, 5.74) is 0.803. The van der Waals surface area contributed by atoms with E-state index in [0.29, 0.717) is 6.54 Å². The molecular formula is C20H16BrClN4O4. The van der Waals surface area contributed by atoms with Crippen molar-refractivity contribution in [3.8, 4) is 0 Å². The van der Waals surface area contributed by atoms with Gasteiger partial charge in [-0.1, -0.05) is 39.7 Å². The number of nitro benzene ring substituents is 1. The molecule has 5 rings (SSSR count). The molecule has 0 N–H and O–H groups in total. The van der Waals surface area contributed by atoms with Gasteiger partial charge in [-0.3, -0.25) is 19.7 Å². The summed E-state index contributed by atoms with van der Waals surface area (Å²) in [7, 11) is 0. The summed E-state index contributed by atoms with van der Waals surface area (Å²) >= 11 is 9.34. The standard InChI is InChI=1S/C20H16BrClN4O4/c21-12-4-2-11(3-5-12)17-16-18(24-9-1-8-23(17)24)20(28)25(19(16)27)13-6-7-14(22)15(10-13)26(29)30/h2-7,10,16-18H,1,8-9H2/t16-,17-,18-/m1/s1. The first-order valence-corrected chi connectivity index (χ1v) is 10.7. The number of benzene rings is 2. The van der Waals surface area contributed by atoms with E-state index in [4.69, 9.17) is 11.6 Å². The van der Waals surface area contributed by atoms with E-state index in [9.17, 15) is 19.7 Å². The number of hydrazine groups is 1. The lowest BCUT2D eigenvalue weighted by Crippen LogP contribution is -2.44. The van der Waals surface area contributed by atoms with Crippen molar-refractivity contribution in [1.29, 1.82) is 0 Å². The third-order valence-corrected chi connectivity index (χ3v) is 6.85. The molecule has 8 nitrogen and oxygen atoms in total. The van der Waals surface area contributed by atoms with Gasteiger partial charge in [0.15, 0.2) is 0 Å². The molecule has 0 spiro atoms. The quantitative estimate of drug-likeness (QED) is 0.371. The van der Waals surface area contributed by atoms with Gasteiger partial charge in [-0.25, -0.2) is 14.9 Å². The number of anilines is 1. The molecule has 3 aliphatic rings. The first-order chi connectivity index (χ1) is 14.4. The maximum Gasteiger partial charge on any atom is 0.289 e. The summed E-state index contributed by atoms with van der Waals surface area (Å²) in [6.45, 7) is 1.47. The number of rotatable bonds is 3. The van der Waals surface area contributed by atoms with Crippen LogP contribution in [0.4, 0.5) is 11.4 Å². The van der Waals surface area contributed by atoms with Gasteiger partial charge >= 0.3 is 0 Å². The Labute approximate surface area is 185 Å². The summed E-state index contributed by atoms with van der Waals surface area (Å²) in [6.07, 6.45) is 0.907. The zero-order valence-corrected chi connectivity index (χ0v) is 17.9. The van der Waals surface area contributed by atoms with Gasteiger partial charge in [0.2, 0.25) is 5.91 Å². The van der Waals surface area contributed by atoms with E-state index >= 15 is 0 Å². The fraction of sp³-hybridized carbons (Fsp3) is 0.300. The van der Waals surface area contributed by atoms with E-state index in [1.54, 1.807) is 0 Å². The molecule has 0 saturated carbocycles. The molecule has 0 radical (unpaired) electrons. The molecule has 3 fully saturated rings. The van der Waals surface area contributed by atoms with Crippen molar-refractivity contribution in [1.82, 2.24) is 10.0 Å². The Kier molecular flexibility index (Phi) is 4.66. The van der Waals surface area contributed by atoms with Gasteiger partial charge in [-0.05, 0) is 36.2 Å². The van der Waals surface area contributed by atoms with E-state index in [1.807, 2.05) is 29.3 Å². The molecule has 3 aliphatic heterocycles. The predicted molar refractivity (Wildman–Crippen MR) is 113 cm³/mol. The van der Waals surface area contributed by atoms with Crippen molar-refractivity contribution in [2.24, 2.45) is 5.92 Å². The topological polar surface area (TPSA) is 87.0 Å². The van der Waals surface area contributed by atoms with E-state index in [2.05, 4.69) is 20.9 Å². The van der Waals surface area contributed by atoms with Crippen LogP contribution in [0.5, 0.6) is 0 Å². The SMILES string of the molecule is O=C1[C@@H]2[C@@H](c3ccc(Br)cc3)N3CCCN3[C@H]2C(=O)N1c1ccc(Cl)c([N+](=O)[O-])c1. The minimum Gasteiger partial charge on any atom is -0.274 e. The highest BCUT2D eigenvalue weighted by Crippen LogP contribution is 2.49. The lowest BCUT2D eigenvalue weighted by molar-refractivity contribution is -0.384. The van der Waals surface area contributed by atoms with Gasteiger partial charge < -0.3 is 0 Å². The number of halogens is 2. The van der Waals surface area contributed by atoms with Crippen LogP contribution in [0.25, 0.3) is 0 Å². The van der Waals surface area contributed by atoms with Crippen LogP contribution < -0.4 is 4.90 Å². The normalized spacial score (nSPS) is 26.3. The van der Waals surface area contributed by atoms with E-state index in [0.717, 1.165) is 27.9 Å². The Bertz CT molecular complexity index is 1080. The van der Waals surface area contributed by atoms with Gasteiger partial charge in [-0.2, -0.15) is 0 Å². The van der Waals surface area contributed by atoms with E-state index in [-0.39, 0.29) is 34.3 Å². The van der Waals surface area contributed by atoms with Crippen LogP contribution in [0.15, 0.2) is 46.9 Å². The fourth-order valence-corrected chi connectivity index (χ4v) is 5.26. The number of fused-ring (bicyclic) bond motifs is 3. The Morgan fingerprint density at radius 3 is 2.33 bits per heavy atom. The average molecular weight is 492 g/mol. The fourth-order valence-electron chi connectivity index (χ4n) is 4.81. The van der Waals surface area contributed by atoms with Crippen LogP contribution >= 0.6 is 27.5 Å². The number of carbonyl (C=O) groups is 2.